The van der Waals surface area contributed by atoms with Crippen molar-refractivity contribution in [1.82, 2.24) is 0 Å². The number of fused-ring (bicyclic) bond motifs is 1. The molecule has 0 radical (unpaired) electrons. The zero-order chi connectivity index (χ0) is 13.3. The SMILES string of the molecule is CN1/C(=N/O)C(CC(N)C(=O)O)c2ccccc21. The van der Waals surface area contributed by atoms with Gasteiger partial charge in [0, 0.05) is 18.7 Å². The van der Waals surface area contributed by atoms with Crippen molar-refractivity contribution < 1.29 is 15.1 Å². The molecule has 0 saturated heterocycles. The second kappa shape index (κ2) is 4.66. The molecule has 2 rings (SSSR count). The fourth-order valence-corrected chi connectivity index (χ4v) is 2.31. The Balaban J connectivity index is 2.36. The predicted molar refractivity (Wildman–Crippen MR) is 67.0 cm³/mol. The van der Waals surface area contributed by atoms with E-state index in [2.05, 4.69) is 5.16 Å². The number of anilines is 1. The number of carboxylic acids is 1. The number of carbonyl (C=O) groups is 1. The van der Waals surface area contributed by atoms with E-state index in [0.29, 0.717) is 5.84 Å². The van der Waals surface area contributed by atoms with E-state index in [-0.39, 0.29) is 12.3 Å². The van der Waals surface area contributed by atoms with E-state index in [9.17, 15) is 4.79 Å². The summed E-state index contributed by atoms with van der Waals surface area (Å²) >= 11 is 0. The average Bonchev–Trinajstić information content (AvgIpc) is 2.63. The molecular formula is C12H15N3O3. The molecule has 96 valence electrons. The molecule has 0 bridgehead atoms. The van der Waals surface area contributed by atoms with Gasteiger partial charge in [-0.3, -0.25) is 4.79 Å². The molecule has 0 amide bonds. The summed E-state index contributed by atoms with van der Waals surface area (Å²) < 4.78 is 0. The summed E-state index contributed by atoms with van der Waals surface area (Å²) in [6.07, 6.45) is 0.204. The van der Waals surface area contributed by atoms with Crippen LogP contribution in [0.5, 0.6) is 0 Å². The summed E-state index contributed by atoms with van der Waals surface area (Å²) in [6, 6.07) is 6.55. The largest absolute Gasteiger partial charge is 0.480 e. The smallest absolute Gasteiger partial charge is 0.320 e. The highest BCUT2D eigenvalue weighted by Crippen LogP contribution is 2.39. The van der Waals surface area contributed by atoms with Gasteiger partial charge in [0.25, 0.3) is 0 Å². The van der Waals surface area contributed by atoms with Crippen molar-refractivity contribution in [1.29, 1.82) is 0 Å². The first-order valence-corrected chi connectivity index (χ1v) is 5.59. The number of nitrogens with two attached hydrogens (primary N) is 1. The lowest BCUT2D eigenvalue weighted by molar-refractivity contribution is -0.138. The molecule has 6 heteroatoms. The summed E-state index contributed by atoms with van der Waals surface area (Å²) in [5, 5.41) is 21.2. The first kappa shape index (κ1) is 12.4. The van der Waals surface area contributed by atoms with E-state index in [4.69, 9.17) is 16.0 Å². The summed E-state index contributed by atoms with van der Waals surface area (Å²) in [7, 11) is 1.78. The van der Waals surface area contributed by atoms with Gasteiger partial charge in [0.05, 0.1) is 0 Å². The van der Waals surface area contributed by atoms with Crippen LogP contribution in [0, 0.1) is 0 Å². The van der Waals surface area contributed by atoms with E-state index in [1.54, 1.807) is 11.9 Å². The van der Waals surface area contributed by atoms with Gasteiger partial charge in [-0.25, -0.2) is 0 Å². The van der Waals surface area contributed by atoms with E-state index >= 15 is 0 Å². The van der Waals surface area contributed by atoms with Crippen LogP contribution in [0.2, 0.25) is 0 Å². The van der Waals surface area contributed by atoms with Crippen molar-refractivity contribution in [3.63, 3.8) is 0 Å². The van der Waals surface area contributed by atoms with Crippen molar-refractivity contribution in [3.05, 3.63) is 29.8 Å². The van der Waals surface area contributed by atoms with Crippen molar-refractivity contribution in [3.8, 4) is 0 Å². The van der Waals surface area contributed by atoms with Gasteiger partial charge in [0.15, 0.2) is 5.84 Å². The maximum absolute atomic E-state index is 10.8. The number of aliphatic carboxylic acids is 1. The first-order chi connectivity index (χ1) is 8.56. The molecular weight excluding hydrogens is 234 g/mol. The maximum Gasteiger partial charge on any atom is 0.320 e. The minimum atomic E-state index is -1.06. The number of likely N-dealkylation sites (N-methyl/N-ethyl adjacent to an activating group) is 1. The van der Waals surface area contributed by atoms with Gasteiger partial charge < -0.3 is 20.9 Å². The average molecular weight is 249 g/mol. The fourth-order valence-electron chi connectivity index (χ4n) is 2.31. The second-order valence-electron chi connectivity index (χ2n) is 4.31. The van der Waals surface area contributed by atoms with Crippen LogP contribution in [0.25, 0.3) is 0 Å². The van der Waals surface area contributed by atoms with Gasteiger partial charge in [-0.2, -0.15) is 0 Å². The number of rotatable bonds is 3. The van der Waals surface area contributed by atoms with Crippen molar-refractivity contribution >= 4 is 17.5 Å². The van der Waals surface area contributed by atoms with Crippen molar-refractivity contribution in [2.45, 2.75) is 18.4 Å². The lowest BCUT2D eigenvalue weighted by Gasteiger charge is -2.16. The number of nitrogens with zero attached hydrogens (tertiary/aromatic N) is 2. The molecule has 0 saturated carbocycles. The fraction of sp³-hybridized carbons (Fsp3) is 0.333. The Bertz CT molecular complexity index is 501. The van der Waals surface area contributed by atoms with Gasteiger partial charge in [-0.05, 0) is 18.1 Å². The van der Waals surface area contributed by atoms with E-state index in [1.807, 2.05) is 24.3 Å². The van der Waals surface area contributed by atoms with Crippen LogP contribution in [0.3, 0.4) is 0 Å². The molecule has 1 aromatic rings. The Morgan fingerprint density at radius 2 is 2.22 bits per heavy atom. The highest BCUT2D eigenvalue weighted by molar-refractivity contribution is 6.08. The lowest BCUT2D eigenvalue weighted by Crippen LogP contribution is -2.34. The van der Waals surface area contributed by atoms with Gasteiger partial charge in [0.2, 0.25) is 0 Å². The molecule has 0 fully saturated rings. The summed E-state index contributed by atoms with van der Waals surface area (Å²) in [4.78, 5) is 12.6. The second-order valence-corrected chi connectivity index (χ2v) is 4.31. The van der Waals surface area contributed by atoms with Crippen LogP contribution in [-0.4, -0.2) is 35.2 Å². The first-order valence-electron chi connectivity index (χ1n) is 5.59. The molecule has 1 heterocycles. The van der Waals surface area contributed by atoms with Crippen molar-refractivity contribution in [2.24, 2.45) is 10.9 Å². The number of amidine groups is 1. The predicted octanol–water partition coefficient (Wildman–Crippen LogP) is 0.810. The molecule has 0 spiro atoms. The van der Waals surface area contributed by atoms with Gasteiger partial charge in [-0.1, -0.05) is 23.4 Å². The number of carboxylic acid groups (broad SMARTS) is 1. The molecule has 2 atom stereocenters. The van der Waals surface area contributed by atoms with Crippen LogP contribution < -0.4 is 10.6 Å². The van der Waals surface area contributed by atoms with Gasteiger partial charge >= 0.3 is 5.97 Å². The number of hydrogen-bond donors (Lipinski definition) is 3. The van der Waals surface area contributed by atoms with Crippen LogP contribution >= 0.6 is 0 Å². The zero-order valence-electron chi connectivity index (χ0n) is 9.95. The molecule has 18 heavy (non-hydrogen) atoms. The van der Waals surface area contributed by atoms with Gasteiger partial charge in [-0.15, -0.1) is 0 Å². The quantitative estimate of drug-likeness (QED) is 0.544. The molecule has 0 aliphatic carbocycles. The normalized spacial score (nSPS) is 22.0. The Labute approximate surface area is 104 Å². The van der Waals surface area contributed by atoms with E-state index in [0.717, 1.165) is 11.3 Å². The lowest BCUT2D eigenvalue weighted by atomic mass is 9.93. The third kappa shape index (κ3) is 1.91. The minimum absolute atomic E-state index is 0.204. The maximum atomic E-state index is 10.8. The van der Waals surface area contributed by atoms with Crippen molar-refractivity contribution in [2.75, 3.05) is 11.9 Å². The van der Waals surface area contributed by atoms with Crippen LogP contribution in [-0.2, 0) is 4.79 Å². The summed E-state index contributed by atoms with van der Waals surface area (Å²) in [6.45, 7) is 0. The van der Waals surface area contributed by atoms with E-state index in [1.165, 1.54) is 0 Å². The Morgan fingerprint density at radius 3 is 2.83 bits per heavy atom. The molecule has 6 nitrogen and oxygen atoms in total. The number of para-hydroxylation sites is 1. The third-order valence-corrected chi connectivity index (χ3v) is 3.24. The molecule has 1 aliphatic rings. The van der Waals surface area contributed by atoms with Crippen LogP contribution in [0.15, 0.2) is 29.4 Å². The Kier molecular flexibility index (Phi) is 3.20. The number of hydrogen-bond acceptors (Lipinski definition) is 4. The summed E-state index contributed by atoms with van der Waals surface area (Å²) in [5.41, 5.74) is 7.41. The number of benzene rings is 1. The molecule has 1 aliphatic heterocycles. The molecule has 4 N–H and O–H groups in total. The number of oxime groups is 1. The summed E-state index contributed by atoms with van der Waals surface area (Å²) in [5.74, 6) is -0.922. The van der Waals surface area contributed by atoms with Crippen LogP contribution in [0.1, 0.15) is 17.9 Å². The minimum Gasteiger partial charge on any atom is -0.480 e. The van der Waals surface area contributed by atoms with E-state index < -0.39 is 12.0 Å². The highest BCUT2D eigenvalue weighted by atomic mass is 16.4. The van der Waals surface area contributed by atoms with Crippen LogP contribution in [0.4, 0.5) is 5.69 Å². The topological polar surface area (TPSA) is 99.1 Å². The Hall–Kier alpha value is -2.08. The molecule has 2 unspecified atom stereocenters. The molecule has 0 aromatic heterocycles. The molecule has 1 aromatic carbocycles. The zero-order valence-corrected chi connectivity index (χ0v) is 9.95. The Morgan fingerprint density at radius 1 is 1.56 bits per heavy atom. The highest BCUT2D eigenvalue weighted by Gasteiger charge is 2.35. The monoisotopic (exact) mass is 249 g/mol. The third-order valence-electron chi connectivity index (χ3n) is 3.24. The standard InChI is InChI=1S/C12H15N3O3/c1-15-10-5-3-2-4-7(10)8(11(15)14-18)6-9(13)12(16)17/h2-5,8-9,18H,6,13H2,1H3,(H,16,17)/b14-11+. The van der Waals surface area contributed by atoms with Gasteiger partial charge in [0.1, 0.15) is 6.04 Å².